The summed E-state index contributed by atoms with van der Waals surface area (Å²) < 4.78 is 80.7. The number of nitrogens with zero attached hydrogens (tertiary/aromatic N) is 3. The lowest BCUT2D eigenvalue weighted by Gasteiger charge is -2.28. The van der Waals surface area contributed by atoms with Crippen molar-refractivity contribution in [2.45, 2.75) is 69.7 Å². The first-order valence-corrected chi connectivity index (χ1v) is 12.8. The van der Waals surface area contributed by atoms with Crippen molar-refractivity contribution in [2.24, 2.45) is 0 Å². The van der Waals surface area contributed by atoms with Crippen molar-refractivity contribution < 1.29 is 26.2 Å². The Hall–Kier alpha value is -2.84. The first-order chi connectivity index (χ1) is 17.2. The van der Waals surface area contributed by atoms with Crippen molar-refractivity contribution >= 4 is 21.9 Å². The van der Waals surface area contributed by atoms with Gasteiger partial charge in [0.25, 0.3) is 6.43 Å². The van der Waals surface area contributed by atoms with Gasteiger partial charge in [-0.3, -0.25) is 0 Å². The summed E-state index contributed by atoms with van der Waals surface area (Å²) in [6, 6.07) is 6.07. The summed E-state index contributed by atoms with van der Waals surface area (Å²) in [6.45, 7) is 1.16. The van der Waals surface area contributed by atoms with Crippen LogP contribution in [-0.2, 0) is 17.5 Å². The van der Waals surface area contributed by atoms with Gasteiger partial charge in [0.1, 0.15) is 17.6 Å². The predicted molar refractivity (Wildman–Crippen MR) is 127 cm³/mol. The van der Waals surface area contributed by atoms with Gasteiger partial charge in [0.15, 0.2) is 0 Å². The molecule has 2 aromatic heterocycles. The molecule has 1 atom stereocenters. The average molecular weight is 525 g/mol. The minimum atomic E-state index is -2.87. The van der Waals surface area contributed by atoms with E-state index in [0.29, 0.717) is 17.4 Å². The molecule has 0 radical (unpaired) electrons. The zero-order valence-corrected chi connectivity index (χ0v) is 20.3. The second-order valence-corrected chi connectivity index (χ2v) is 10.4. The van der Waals surface area contributed by atoms with E-state index in [1.807, 2.05) is 12.3 Å². The number of rotatable bonds is 7. The average Bonchev–Trinajstić information content (AvgIpc) is 3.59. The van der Waals surface area contributed by atoms with Gasteiger partial charge in [-0.05, 0) is 62.8 Å². The van der Waals surface area contributed by atoms with Crippen LogP contribution in [0.1, 0.15) is 68.3 Å². The maximum atomic E-state index is 15.3. The van der Waals surface area contributed by atoms with Crippen molar-refractivity contribution in [1.82, 2.24) is 14.3 Å². The quantitative estimate of drug-likeness (QED) is 0.356. The first-order valence-electron chi connectivity index (χ1n) is 11.6. The molecule has 0 aliphatic heterocycles. The molecule has 5 nitrogen and oxygen atoms in total. The van der Waals surface area contributed by atoms with E-state index in [2.05, 4.69) is 14.3 Å². The Balaban J connectivity index is 0.000000709. The fraction of sp³-hybridized carbons (Fsp3) is 0.440. The standard InChI is InChI=1S/C23H21F3N4OS.C2H4F2/c24-19-8-17-13(11-29-32(31)15-4-5-15)12-30(14-2-1-3-14)21(17)9-18(19)22-16(23(25)26)6-7-28-20(22)10-27;1-2(3)4/h6-9,12,14-15,23,29H,1-5,11H2;2H,1H3. The lowest BCUT2D eigenvalue weighted by atomic mass is 9.92. The van der Waals surface area contributed by atoms with Gasteiger partial charge in [-0.15, -0.1) is 0 Å². The van der Waals surface area contributed by atoms with Crippen LogP contribution in [0, 0.1) is 17.1 Å². The number of nitrogens with one attached hydrogen (secondary N) is 1. The molecule has 0 bridgehead atoms. The highest BCUT2D eigenvalue weighted by molar-refractivity contribution is 7.83. The molecule has 0 spiro atoms. The van der Waals surface area contributed by atoms with Crippen LogP contribution in [0.2, 0.25) is 0 Å². The van der Waals surface area contributed by atoms with E-state index in [-0.39, 0.29) is 28.1 Å². The second-order valence-electron chi connectivity index (χ2n) is 8.87. The highest BCUT2D eigenvalue weighted by Gasteiger charge is 2.29. The van der Waals surface area contributed by atoms with E-state index < -0.39 is 35.2 Å². The van der Waals surface area contributed by atoms with Crippen LogP contribution >= 0.6 is 0 Å². The lowest BCUT2D eigenvalue weighted by molar-refractivity contribution is 0.152. The Morgan fingerprint density at radius 3 is 2.47 bits per heavy atom. The lowest BCUT2D eigenvalue weighted by Crippen LogP contribution is -2.20. The minimum Gasteiger partial charge on any atom is -0.344 e. The number of nitriles is 1. The zero-order chi connectivity index (χ0) is 26.0. The smallest absolute Gasteiger partial charge is 0.264 e. The SMILES string of the molecule is CC(F)F.N#Cc1nccc(C(F)F)c1-c1cc2c(cc1F)c(CNS(=O)C1CC1)cn2C1CCC1. The molecule has 0 amide bonds. The Labute approximate surface area is 207 Å². The van der Waals surface area contributed by atoms with Gasteiger partial charge in [0.2, 0.25) is 6.43 Å². The third kappa shape index (κ3) is 5.60. The molecular formula is C25H25F5N4OS. The zero-order valence-electron chi connectivity index (χ0n) is 19.5. The molecular weight excluding hydrogens is 499 g/mol. The van der Waals surface area contributed by atoms with Crippen molar-refractivity contribution in [2.75, 3.05) is 0 Å². The molecule has 2 saturated carbocycles. The molecule has 5 rings (SSSR count). The molecule has 3 aromatic rings. The molecule has 36 heavy (non-hydrogen) atoms. The molecule has 192 valence electrons. The third-order valence-electron chi connectivity index (χ3n) is 6.30. The van der Waals surface area contributed by atoms with Crippen LogP contribution in [0.15, 0.2) is 30.6 Å². The van der Waals surface area contributed by atoms with Gasteiger partial charge in [-0.25, -0.2) is 35.9 Å². The molecule has 1 N–H and O–H groups in total. The number of pyridine rings is 1. The molecule has 1 aromatic carbocycles. The fourth-order valence-corrected chi connectivity index (χ4v) is 5.31. The monoisotopic (exact) mass is 524 g/mol. The van der Waals surface area contributed by atoms with Crippen molar-refractivity contribution in [3.05, 3.63) is 53.2 Å². The Kier molecular flexibility index (Phi) is 8.05. The number of benzene rings is 1. The Morgan fingerprint density at radius 1 is 1.22 bits per heavy atom. The molecule has 2 fully saturated rings. The van der Waals surface area contributed by atoms with E-state index in [4.69, 9.17) is 0 Å². The number of alkyl halides is 4. The van der Waals surface area contributed by atoms with Crippen molar-refractivity contribution in [3.63, 3.8) is 0 Å². The topological polar surface area (TPSA) is 70.7 Å². The fourth-order valence-electron chi connectivity index (χ4n) is 4.21. The second kappa shape index (κ2) is 11.0. The van der Waals surface area contributed by atoms with E-state index in [0.717, 1.165) is 56.9 Å². The maximum Gasteiger partial charge on any atom is 0.264 e. The highest BCUT2D eigenvalue weighted by atomic mass is 32.2. The Bertz CT molecular complexity index is 1310. The predicted octanol–water partition coefficient (Wildman–Crippen LogP) is 6.56. The first kappa shape index (κ1) is 26.2. The van der Waals surface area contributed by atoms with Crippen LogP contribution in [0.4, 0.5) is 22.0 Å². The van der Waals surface area contributed by atoms with Crippen LogP contribution in [0.3, 0.4) is 0 Å². The third-order valence-corrected chi connectivity index (χ3v) is 7.80. The summed E-state index contributed by atoms with van der Waals surface area (Å²) in [7, 11) is -1.13. The summed E-state index contributed by atoms with van der Waals surface area (Å²) in [4.78, 5) is 3.89. The highest BCUT2D eigenvalue weighted by Crippen LogP contribution is 2.40. The number of halogens is 5. The van der Waals surface area contributed by atoms with Gasteiger partial charge in [0.05, 0.1) is 11.0 Å². The van der Waals surface area contributed by atoms with Crippen molar-refractivity contribution in [3.8, 4) is 17.2 Å². The number of hydrogen-bond donors (Lipinski definition) is 1. The normalized spacial score (nSPS) is 16.5. The van der Waals surface area contributed by atoms with Gasteiger partial charge < -0.3 is 4.57 Å². The molecule has 2 aliphatic carbocycles. The summed E-state index contributed by atoms with van der Waals surface area (Å²) in [5.74, 6) is -0.695. The van der Waals surface area contributed by atoms with E-state index in [1.54, 1.807) is 6.07 Å². The van der Waals surface area contributed by atoms with Gasteiger partial charge in [-0.2, -0.15) is 5.26 Å². The molecule has 1 unspecified atom stereocenters. The van der Waals surface area contributed by atoms with Crippen LogP contribution in [0.25, 0.3) is 22.0 Å². The van der Waals surface area contributed by atoms with Crippen LogP contribution in [-0.4, -0.2) is 25.4 Å². The number of aromatic nitrogens is 2. The largest absolute Gasteiger partial charge is 0.344 e. The van der Waals surface area contributed by atoms with Gasteiger partial charge in [0, 0.05) is 57.8 Å². The van der Waals surface area contributed by atoms with E-state index in [1.165, 1.54) is 6.07 Å². The van der Waals surface area contributed by atoms with Gasteiger partial charge >= 0.3 is 0 Å². The van der Waals surface area contributed by atoms with Crippen molar-refractivity contribution in [1.29, 1.82) is 5.26 Å². The maximum absolute atomic E-state index is 15.3. The summed E-state index contributed by atoms with van der Waals surface area (Å²) >= 11 is 0. The molecule has 2 heterocycles. The summed E-state index contributed by atoms with van der Waals surface area (Å²) in [5.41, 5.74) is 0.653. The van der Waals surface area contributed by atoms with Crippen LogP contribution in [0.5, 0.6) is 0 Å². The Morgan fingerprint density at radius 2 is 1.92 bits per heavy atom. The molecule has 11 heteroatoms. The summed E-state index contributed by atoms with van der Waals surface area (Å²) in [6.07, 6.45) is 2.99. The van der Waals surface area contributed by atoms with E-state index in [9.17, 15) is 27.0 Å². The number of fused-ring (bicyclic) bond motifs is 1. The number of hydrogen-bond acceptors (Lipinski definition) is 3. The molecule has 0 saturated heterocycles. The summed E-state index contributed by atoms with van der Waals surface area (Å²) in [5, 5.41) is 10.3. The van der Waals surface area contributed by atoms with Crippen LogP contribution < -0.4 is 4.72 Å². The van der Waals surface area contributed by atoms with E-state index >= 15 is 4.39 Å². The molecule has 2 aliphatic rings. The minimum absolute atomic E-state index is 0.0582. The van der Waals surface area contributed by atoms with Gasteiger partial charge in [-0.1, -0.05) is 0 Å².